The number of rotatable bonds is 3. The van der Waals surface area contributed by atoms with Crippen LogP contribution in [0.1, 0.15) is 15.9 Å². The highest BCUT2D eigenvalue weighted by atomic mass is 16.4. The van der Waals surface area contributed by atoms with Crippen molar-refractivity contribution < 1.29 is 29.7 Å². The lowest BCUT2D eigenvalue weighted by atomic mass is 9.98. The molecule has 0 spiro atoms. The summed E-state index contributed by atoms with van der Waals surface area (Å²) in [6.07, 6.45) is 5.28. The summed E-state index contributed by atoms with van der Waals surface area (Å²) in [6, 6.07) is 3.96. The predicted octanol–water partition coefficient (Wildman–Crippen LogP) is 1.62. The number of hydrogen-bond donors (Lipinski definition) is 3. The number of allylic oxidation sites excluding steroid dienone is 4. The maximum Gasteiger partial charge on any atom is 0.339 e. The largest absolute Gasteiger partial charge is 0.507 e. The van der Waals surface area contributed by atoms with Crippen molar-refractivity contribution in [1.82, 2.24) is 0 Å². The molecule has 3 N–H and O–H groups in total. The molecule has 0 radical (unpaired) electrons. The fraction of sp³-hybridized carbons (Fsp3) is 0. The molecule has 6 heteroatoms. The number of carbonyl (C=O) groups is 3. The van der Waals surface area contributed by atoms with Crippen LogP contribution in [-0.2, 0) is 9.59 Å². The Hall–Kier alpha value is -3.15. The van der Waals surface area contributed by atoms with Gasteiger partial charge in [0.25, 0.3) is 0 Å². The van der Waals surface area contributed by atoms with Gasteiger partial charge in [-0.1, -0.05) is 12.1 Å². The molecule has 0 saturated carbocycles. The molecule has 21 heavy (non-hydrogen) atoms. The van der Waals surface area contributed by atoms with Crippen molar-refractivity contribution >= 4 is 23.8 Å². The van der Waals surface area contributed by atoms with Crippen LogP contribution in [0.5, 0.6) is 5.75 Å². The average molecular weight is 286 g/mol. The quantitative estimate of drug-likeness (QED) is 0.728. The van der Waals surface area contributed by atoms with E-state index in [1.807, 2.05) is 0 Å². The van der Waals surface area contributed by atoms with Gasteiger partial charge in [-0.25, -0.2) is 9.59 Å². The number of aromatic carboxylic acids is 1. The normalized spacial score (nSPS) is 15.9. The van der Waals surface area contributed by atoms with E-state index in [1.54, 1.807) is 0 Å². The standard InChI is InChI=1S/C15H10O6/c16-12-3-1-8(6-10(12)14(18)19)5-9-2-4-13(17)11(7-9)15(20)21/h1-7,16H,(H,18,19)(H,20,21)/b9-5-. The lowest BCUT2D eigenvalue weighted by Crippen LogP contribution is -2.12. The van der Waals surface area contributed by atoms with Crippen molar-refractivity contribution in [2.24, 2.45) is 0 Å². The Bertz CT molecular complexity index is 737. The molecule has 0 heterocycles. The molecule has 1 aromatic carbocycles. The van der Waals surface area contributed by atoms with Gasteiger partial charge in [-0.2, -0.15) is 0 Å². The van der Waals surface area contributed by atoms with Crippen LogP contribution in [0.2, 0.25) is 0 Å². The van der Waals surface area contributed by atoms with Gasteiger partial charge in [-0.15, -0.1) is 0 Å². The summed E-state index contributed by atoms with van der Waals surface area (Å²) in [6.45, 7) is 0. The first-order chi connectivity index (χ1) is 9.88. The van der Waals surface area contributed by atoms with E-state index in [0.717, 1.165) is 6.08 Å². The van der Waals surface area contributed by atoms with E-state index in [4.69, 9.17) is 10.2 Å². The number of carbonyl (C=O) groups excluding carboxylic acids is 1. The zero-order valence-electron chi connectivity index (χ0n) is 10.6. The molecule has 0 aromatic heterocycles. The first-order valence-corrected chi connectivity index (χ1v) is 5.84. The zero-order valence-corrected chi connectivity index (χ0v) is 10.6. The molecule has 0 unspecified atom stereocenters. The van der Waals surface area contributed by atoms with Crippen LogP contribution < -0.4 is 0 Å². The summed E-state index contributed by atoms with van der Waals surface area (Å²) in [7, 11) is 0. The number of aromatic hydroxyl groups is 1. The molecular weight excluding hydrogens is 276 g/mol. The maximum absolute atomic E-state index is 11.3. The Morgan fingerprint density at radius 3 is 2.38 bits per heavy atom. The Kier molecular flexibility index (Phi) is 3.71. The first kappa shape index (κ1) is 14.3. The van der Waals surface area contributed by atoms with E-state index >= 15 is 0 Å². The van der Waals surface area contributed by atoms with Crippen molar-refractivity contribution in [2.75, 3.05) is 0 Å². The molecule has 0 atom stereocenters. The topological polar surface area (TPSA) is 112 Å². The molecule has 1 aliphatic rings. The van der Waals surface area contributed by atoms with Crippen LogP contribution in [0.25, 0.3) is 6.08 Å². The third kappa shape index (κ3) is 3.06. The predicted molar refractivity (Wildman–Crippen MR) is 72.9 cm³/mol. The second-order valence-electron chi connectivity index (χ2n) is 4.29. The number of phenols is 1. The van der Waals surface area contributed by atoms with E-state index in [1.165, 1.54) is 36.4 Å². The highest BCUT2D eigenvalue weighted by Crippen LogP contribution is 2.22. The summed E-state index contributed by atoms with van der Waals surface area (Å²) in [4.78, 5) is 33.2. The lowest BCUT2D eigenvalue weighted by molar-refractivity contribution is -0.134. The van der Waals surface area contributed by atoms with Crippen molar-refractivity contribution in [3.8, 4) is 5.75 Å². The Morgan fingerprint density at radius 1 is 1.05 bits per heavy atom. The van der Waals surface area contributed by atoms with Crippen LogP contribution in [0.3, 0.4) is 0 Å². The van der Waals surface area contributed by atoms with Crippen LogP contribution in [0, 0.1) is 0 Å². The van der Waals surface area contributed by atoms with Crippen molar-refractivity contribution in [3.05, 3.63) is 58.7 Å². The van der Waals surface area contributed by atoms with E-state index < -0.39 is 17.7 Å². The van der Waals surface area contributed by atoms with Crippen LogP contribution in [-0.4, -0.2) is 33.0 Å². The van der Waals surface area contributed by atoms with Gasteiger partial charge in [0.1, 0.15) is 16.9 Å². The number of carboxylic acid groups (broad SMARTS) is 2. The van der Waals surface area contributed by atoms with Gasteiger partial charge in [0.05, 0.1) is 0 Å². The fourth-order valence-electron chi connectivity index (χ4n) is 1.81. The lowest BCUT2D eigenvalue weighted by Gasteiger charge is -2.06. The minimum Gasteiger partial charge on any atom is -0.507 e. The Morgan fingerprint density at radius 2 is 1.76 bits per heavy atom. The SMILES string of the molecule is O=C(O)C1=C/C(=C\c2ccc(O)c(C(=O)O)c2)C=CC1=O. The highest BCUT2D eigenvalue weighted by molar-refractivity contribution is 6.22. The molecule has 0 fully saturated rings. The summed E-state index contributed by atoms with van der Waals surface area (Å²) < 4.78 is 0. The Balaban J connectivity index is 2.43. The van der Waals surface area contributed by atoms with Gasteiger partial charge in [0.2, 0.25) is 0 Å². The van der Waals surface area contributed by atoms with Gasteiger partial charge >= 0.3 is 11.9 Å². The van der Waals surface area contributed by atoms with Crippen LogP contribution in [0.4, 0.5) is 0 Å². The van der Waals surface area contributed by atoms with Gasteiger partial charge in [0.15, 0.2) is 5.78 Å². The molecule has 106 valence electrons. The van der Waals surface area contributed by atoms with Crippen LogP contribution >= 0.6 is 0 Å². The number of benzene rings is 1. The summed E-state index contributed by atoms with van der Waals surface area (Å²) in [5, 5.41) is 27.2. The molecule has 0 bridgehead atoms. The number of carboxylic acids is 2. The first-order valence-electron chi connectivity index (χ1n) is 5.84. The number of ketones is 1. The molecule has 0 aliphatic heterocycles. The second kappa shape index (κ2) is 5.46. The second-order valence-corrected chi connectivity index (χ2v) is 4.29. The van der Waals surface area contributed by atoms with Gasteiger partial charge in [-0.3, -0.25) is 4.79 Å². The van der Waals surface area contributed by atoms with Crippen molar-refractivity contribution in [1.29, 1.82) is 0 Å². The Labute approximate surface area is 119 Å². The summed E-state index contributed by atoms with van der Waals surface area (Å²) >= 11 is 0. The molecular formula is C15H10O6. The molecule has 0 amide bonds. The molecule has 2 rings (SSSR count). The third-order valence-electron chi connectivity index (χ3n) is 2.82. The van der Waals surface area contributed by atoms with Crippen molar-refractivity contribution in [3.63, 3.8) is 0 Å². The molecule has 0 saturated heterocycles. The van der Waals surface area contributed by atoms with Gasteiger partial charge in [-0.05, 0) is 41.5 Å². The van der Waals surface area contributed by atoms with Gasteiger partial charge in [0, 0.05) is 0 Å². The zero-order chi connectivity index (χ0) is 15.6. The fourth-order valence-corrected chi connectivity index (χ4v) is 1.81. The molecule has 1 aromatic rings. The van der Waals surface area contributed by atoms with E-state index in [-0.39, 0.29) is 16.9 Å². The van der Waals surface area contributed by atoms with E-state index in [0.29, 0.717) is 11.1 Å². The van der Waals surface area contributed by atoms with Crippen LogP contribution in [0.15, 0.2) is 47.6 Å². The maximum atomic E-state index is 11.3. The molecule has 6 nitrogen and oxygen atoms in total. The number of hydrogen-bond acceptors (Lipinski definition) is 4. The smallest absolute Gasteiger partial charge is 0.339 e. The third-order valence-corrected chi connectivity index (χ3v) is 2.82. The van der Waals surface area contributed by atoms with E-state index in [2.05, 4.69) is 0 Å². The molecule has 1 aliphatic carbocycles. The monoisotopic (exact) mass is 286 g/mol. The minimum atomic E-state index is -1.33. The summed E-state index contributed by atoms with van der Waals surface area (Å²) in [5.74, 6) is -3.56. The average Bonchev–Trinajstić information content (AvgIpc) is 2.42. The van der Waals surface area contributed by atoms with Crippen molar-refractivity contribution in [2.45, 2.75) is 0 Å². The summed E-state index contributed by atoms with van der Waals surface area (Å²) in [5.41, 5.74) is 0.276. The van der Waals surface area contributed by atoms with E-state index in [9.17, 15) is 19.5 Å². The highest BCUT2D eigenvalue weighted by Gasteiger charge is 2.18. The minimum absolute atomic E-state index is 0.261. The number of aliphatic carboxylic acids is 1. The van der Waals surface area contributed by atoms with Gasteiger partial charge < -0.3 is 15.3 Å².